The molecule has 0 unspecified atom stereocenters. The maximum atomic E-state index is 4.45. The third kappa shape index (κ3) is 1.40. The highest BCUT2D eigenvalue weighted by Crippen LogP contribution is 2.22. The Balaban J connectivity index is 2.97. The maximum absolute atomic E-state index is 4.45. The summed E-state index contributed by atoms with van der Waals surface area (Å²) in [7, 11) is 0. The van der Waals surface area contributed by atoms with E-state index in [1.807, 2.05) is 19.1 Å². The highest BCUT2D eigenvalue weighted by atomic mass is 127. The molecule has 0 saturated heterocycles. The summed E-state index contributed by atoms with van der Waals surface area (Å²) in [6.07, 6.45) is 0. The van der Waals surface area contributed by atoms with Crippen LogP contribution in [0.4, 0.5) is 0 Å². The van der Waals surface area contributed by atoms with Gasteiger partial charge < -0.3 is 0 Å². The fourth-order valence-corrected chi connectivity index (χ4v) is 2.38. The van der Waals surface area contributed by atoms with Crippen molar-refractivity contribution in [2.75, 3.05) is 0 Å². The molecule has 0 bridgehead atoms. The number of halogens is 2. The second-order valence-corrected chi connectivity index (χ2v) is 4.82. The number of aryl methyl sites for hydroxylation is 2. The van der Waals surface area contributed by atoms with Crippen molar-refractivity contribution in [3.05, 3.63) is 31.7 Å². The lowest BCUT2D eigenvalue weighted by Crippen LogP contribution is -1.94. The molecule has 0 N–H and O–H groups in total. The van der Waals surface area contributed by atoms with Crippen molar-refractivity contribution in [2.24, 2.45) is 0 Å². The summed E-state index contributed by atoms with van der Waals surface area (Å²) in [5.74, 6) is 0. The molecule has 0 aliphatic heterocycles. The van der Waals surface area contributed by atoms with Crippen LogP contribution in [0, 0.1) is 17.5 Å². The predicted octanol–water partition coefficient (Wildman–Crippen LogP) is 3.32. The summed E-state index contributed by atoms with van der Waals surface area (Å²) in [5, 5.41) is 0. The zero-order valence-electron chi connectivity index (χ0n) is 7.31. The van der Waals surface area contributed by atoms with Crippen LogP contribution in [0.15, 0.2) is 16.6 Å². The van der Waals surface area contributed by atoms with Gasteiger partial charge in [-0.05, 0) is 64.5 Å². The smallest absolute Gasteiger partial charge is 0.138 e. The highest BCUT2D eigenvalue weighted by Gasteiger charge is 2.08. The van der Waals surface area contributed by atoms with E-state index in [4.69, 9.17) is 0 Å². The number of imidazole rings is 1. The first-order valence-electron chi connectivity index (χ1n) is 3.91. The number of aromatic nitrogens is 2. The van der Waals surface area contributed by atoms with Gasteiger partial charge >= 0.3 is 0 Å². The van der Waals surface area contributed by atoms with Crippen LogP contribution in [0.5, 0.6) is 0 Å². The molecule has 2 rings (SSSR count). The molecule has 13 heavy (non-hydrogen) atoms. The molecule has 0 aliphatic rings. The van der Waals surface area contributed by atoms with E-state index in [-0.39, 0.29) is 0 Å². The molecule has 0 amide bonds. The lowest BCUT2D eigenvalue weighted by Gasteiger charge is -2.02. The minimum atomic E-state index is 1.02. The normalized spacial score (nSPS) is 11.1. The Labute approximate surface area is 98.6 Å². The molecule has 68 valence electrons. The summed E-state index contributed by atoms with van der Waals surface area (Å²) in [4.78, 5) is 4.45. The fraction of sp³-hybridized carbons (Fsp3) is 0.222. The number of pyridine rings is 1. The van der Waals surface area contributed by atoms with Gasteiger partial charge in [-0.2, -0.15) is 0 Å². The van der Waals surface area contributed by atoms with Crippen molar-refractivity contribution in [3.63, 3.8) is 0 Å². The molecule has 2 aromatic heterocycles. The van der Waals surface area contributed by atoms with E-state index in [9.17, 15) is 0 Å². The van der Waals surface area contributed by atoms with Crippen molar-refractivity contribution in [1.29, 1.82) is 0 Å². The van der Waals surface area contributed by atoms with Crippen LogP contribution in [0.2, 0.25) is 0 Å². The molecule has 0 saturated carbocycles. The standard InChI is InChI=1S/C9H8BrIN2/c1-5-9(11)13-6(2)7(10)3-4-8(13)12-5/h3-4H,1-2H3. The van der Waals surface area contributed by atoms with Gasteiger partial charge in [-0.15, -0.1) is 0 Å². The monoisotopic (exact) mass is 350 g/mol. The molecular formula is C9H8BrIN2. The van der Waals surface area contributed by atoms with Gasteiger partial charge in [0.05, 0.1) is 5.69 Å². The third-order valence-electron chi connectivity index (χ3n) is 2.07. The summed E-state index contributed by atoms with van der Waals surface area (Å²) in [6, 6.07) is 4.05. The maximum Gasteiger partial charge on any atom is 0.138 e. The molecule has 0 aromatic carbocycles. The second kappa shape index (κ2) is 3.24. The molecule has 0 aliphatic carbocycles. The summed E-state index contributed by atoms with van der Waals surface area (Å²) in [5.41, 5.74) is 3.30. The number of nitrogens with zero attached hydrogens (tertiary/aromatic N) is 2. The van der Waals surface area contributed by atoms with Gasteiger partial charge in [0, 0.05) is 10.2 Å². The number of rotatable bonds is 0. The van der Waals surface area contributed by atoms with Gasteiger partial charge in [0.1, 0.15) is 9.35 Å². The van der Waals surface area contributed by atoms with Crippen molar-refractivity contribution >= 4 is 44.2 Å². The van der Waals surface area contributed by atoms with Crippen LogP contribution < -0.4 is 0 Å². The number of fused-ring (bicyclic) bond motifs is 1. The Morgan fingerprint density at radius 1 is 1.38 bits per heavy atom. The van der Waals surface area contributed by atoms with Crippen LogP contribution >= 0.6 is 38.5 Å². The van der Waals surface area contributed by atoms with Crippen molar-refractivity contribution in [1.82, 2.24) is 9.38 Å². The van der Waals surface area contributed by atoms with Crippen LogP contribution in [0.3, 0.4) is 0 Å². The Kier molecular flexibility index (Phi) is 2.35. The first-order chi connectivity index (χ1) is 6.11. The number of hydrogen-bond donors (Lipinski definition) is 0. The molecule has 2 aromatic rings. The zero-order chi connectivity index (χ0) is 9.59. The van der Waals surface area contributed by atoms with Crippen molar-refractivity contribution in [3.8, 4) is 0 Å². The van der Waals surface area contributed by atoms with Gasteiger partial charge in [-0.1, -0.05) is 0 Å². The van der Waals surface area contributed by atoms with Gasteiger partial charge in [-0.25, -0.2) is 4.98 Å². The summed E-state index contributed by atoms with van der Waals surface area (Å²) < 4.78 is 4.46. The first-order valence-corrected chi connectivity index (χ1v) is 5.78. The van der Waals surface area contributed by atoms with E-state index in [0.29, 0.717) is 0 Å². The summed E-state index contributed by atoms with van der Waals surface area (Å²) in [6.45, 7) is 4.11. The molecule has 0 radical (unpaired) electrons. The quantitative estimate of drug-likeness (QED) is 0.666. The molecule has 2 nitrogen and oxygen atoms in total. The fourth-order valence-electron chi connectivity index (χ4n) is 1.34. The van der Waals surface area contributed by atoms with E-state index < -0.39 is 0 Å². The Bertz CT molecular complexity index is 476. The van der Waals surface area contributed by atoms with Crippen LogP contribution in [0.25, 0.3) is 5.65 Å². The van der Waals surface area contributed by atoms with Crippen LogP contribution in [-0.4, -0.2) is 9.38 Å². The Morgan fingerprint density at radius 3 is 2.77 bits per heavy atom. The van der Waals surface area contributed by atoms with E-state index in [2.05, 4.69) is 54.8 Å². The SMILES string of the molecule is Cc1nc2ccc(Br)c(C)n2c1I. The Morgan fingerprint density at radius 2 is 2.08 bits per heavy atom. The lowest BCUT2D eigenvalue weighted by atomic mass is 10.4. The van der Waals surface area contributed by atoms with Gasteiger partial charge in [0.25, 0.3) is 0 Å². The van der Waals surface area contributed by atoms with E-state index in [1.54, 1.807) is 0 Å². The lowest BCUT2D eigenvalue weighted by molar-refractivity contribution is 1.05. The minimum Gasteiger partial charge on any atom is -0.291 e. The van der Waals surface area contributed by atoms with Crippen molar-refractivity contribution in [2.45, 2.75) is 13.8 Å². The average molecular weight is 351 g/mol. The molecule has 0 spiro atoms. The van der Waals surface area contributed by atoms with E-state index in [0.717, 1.165) is 15.8 Å². The molecular weight excluding hydrogens is 343 g/mol. The predicted molar refractivity (Wildman–Crippen MR) is 65.1 cm³/mol. The topological polar surface area (TPSA) is 17.3 Å². The Hall–Kier alpha value is -0.100. The van der Waals surface area contributed by atoms with Gasteiger partial charge in [0.15, 0.2) is 0 Å². The van der Waals surface area contributed by atoms with Crippen LogP contribution in [0.1, 0.15) is 11.4 Å². The second-order valence-electron chi connectivity index (χ2n) is 2.95. The molecule has 0 fully saturated rings. The minimum absolute atomic E-state index is 1.02. The molecule has 0 atom stereocenters. The third-order valence-corrected chi connectivity index (χ3v) is 4.17. The van der Waals surface area contributed by atoms with E-state index >= 15 is 0 Å². The molecule has 4 heteroatoms. The van der Waals surface area contributed by atoms with E-state index in [1.165, 1.54) is 9.39 Å². The van der Waals surface area contributed by atoms with Crippen molar-refractivity contribution < 1.29 is 0 Å². The summed E-state index contributed by atoms with van der Waals surface area (Å²) >= 11 is 5.83. The highest BCUT2D eigenvalue weighted by molar-refractivity contribution is 14.1. The van der Waals surface area contributed by atoms with Gasteiger partial charge in [0.2, 0.25) is 0 Å². The average Bonchev–Trinajstić information content (AvgIpc) is 2.37. The zero-order valence-corrected chi connectivity index (χ0v) is 11.0. The molecule has 2 heterocycles. The van der Waals surface area contributed by atoms with Gasteiger partial charge in [-0.3, -0.25) is 4.40 Å². The van der Waals surface area contributed by atoms with Crippen LogP contribution in [-0.2, 0) is 0 Å². The number of hydrogen-bond acceptors (Lipinski definition) is 1. The largest absolute Gasteiger partial charge is 0.291 e. The first kappa shape index (κ1) is 9.45.